The summed E-state index contributed by atoms with van der Waals surface area (Å²) >= 11 is 1.31. The highest BCUT2D eigenvalue weighted by molar-refractivity contribution is 7.14. The molecule has 1 atom stereocenters. The third-order valence-corrected chi connectivity index (χ3v) is 5.50. The van der Waals surface area contributed by atoms with Crippen molar-refractivity contribution >= 4 is 34.2 Å². The number of aromatic nitrogens is 3. The van der Waals surface area contributed by atoms with Crippen molar-refractivity contribution in [2.24, 2.45) is 0 Å². The minimum atomic E-state index is -0.998. The van der Waals surface area contributed by atoms with Gasteiger partial charge in [0.15, 0.2) is 22.7 Å². The molecule has 1 saturated heterocycles. The fourth-order valence-electron chi connectivity index (χ4n) is 3.10. The molecular weight excluding hydrogens is 402 g/mol. The maximum atomic E-state index is 12.4. The molecule has 0 bridgehead atoms. The first-order chi connectivity index (χ1) is 14.6. The third-order valence-electron chi connectivity index (χ3n) is 4.75. The Morgan fingerprint density at radius 2 is 1.87 bits per heavy atom. The Balaban J connectivity index is 1.33. The third kappa shape index (κ3) is 4.62. The number of benzene rings is 1. The Kier molecular flexibility index (Phi) is 5.99. The van der Waals surface area contributed by atoms with Crippen LogP contribution in [0.5, 0.6) is 0 Å². The van der Waals surface area contributed by atoms with Gasteiger partial charge in [-0.1, -0.05) is 30.3 Å². The standard InChI is InChI=1S/C21H21N5O3S/c1-14(19(27)23-21-22-17(13-30-21)15-7-3-2-4-8-15)29-20(28)16-9-10-18(25-24-16)26-11-5-6-12-26/h2-4,7-10,13-14H,5-6,11-12H2,1H3,(H,22,23,27). The minimum Gasteiger partial charge on any atom is -0.448 e. The number of carbonyl (C=O) groups is 2. The van der Waals surface area contributed by atoms with Gasteiger partial charge < -0.3 is 9.64 Å². The number of thiazole rings is 1. The summed E-state index contributed by atoms with van der Waals surface area (Å²) in [6, 6.07) is 13.0. The van der Waals surface area contributed by atoms with Gasteiger partial charge in [0.2, 0.25) is 0 Å². The molecule has 30 heavy (non-hydrogen) atoms. The van der Waals surface area contributed by atoms with Crippen LogP contribution in [0.2, 0.25) is 0 Å². The second-order valence-electron chi connectivity index (χ2n) is 6.91. The lowest BCUT2D eigenvalue weighted by molar-refractivity contribution is -0.123. The quantitative estimate of drug-likeness (QED) is 0.607. The van der Waals surface area contributed by atoms with E-state index in [4.69, 9.17) is 4.74 Å². The smallest absolute Gasteiger partial charge is 0.359 e. The molecule has 1 aliphatic rings. The van der Waals surface area contributed by atoms with Crippen molar-refractivity contribution in [1.82, 2.24) is 15.2 Å². The number of esters is 1. The van der Waals surface area contributed by atoms with E-state index in [1.807, 2.05) is 35.7 Å². The first-order valence-corrected chi connectivity index (χ1v) is 10.6. The van der Waals surface area contributed by atoms with Crippen LogP contribution in [0, 0.1) is 0 Å². The molecule has 3 aromatic rings. The summed E-state index contributed by atoms with van der Waals surface area (Å²) in [7, 11) is 0. The second kappa shape index (κ2) is 9.00. The molecule has 0 aliphatic carbocycles. The highest BCUT2D eigenvalue weighted by Crippen LogP contribution is 2.24. The zero-order valence-electron chi connectivity index (χ0n) is 16.4. The molecule has 0 radical (unpaired) electrons. The number of ether oxygens (including phenoxy) is 1. The van der Waals surface area contributed by atoms with Crippen LogP contribution in [0.15, 0.2) is 47.8 Å². The predicted molar refractivity (Wildman–Crippen MR) is 115 cm³/mol. The van der Waals surface area contributed by atoms with Crippen molar-refractivity contribution in [3.8, 4) is 11.3 Å². The zero-order valence-corrected chi connectivity index (χ0v) is 17.3. The SMILES string of the molecule is CC(OC(=O)c1ccc(N2CCCC2)nn1)C(=O)Nc1nc(-c2ccccc2)cs1. The van der Waals surface area contributed by atoms with Gasteiger partial charge in [0, 0.05) is 24.0 Å². The largest absolute Gasteiger partial charge is 0.448 e. The number of hydrogen-bond acceptors (Lipinski definition) is 8. The Morgan fingerprint density at radius 1 is 1.10 bits per heavy atom. The predicted octanol–water partition coefficient (Wildman–Crippen LogP) is 3.38. The monoisotopic (exact) mass is 423 g/mol. The number of nitrogens with one attached hydrogen (secondary N) is 1. The molecule has 0 saturated carbocycles. The normalized spacial score (nSPS) is 14.4. The maximum absolute atomic E-state index is 12.4. The van der Waals surface area contributed by atoms with Crippen molar-refractivity contribution in [3.63, 3.8) is 0 Å². The molecule has 0 spiro atoms. The number of nitrogens with zero attached hydrogens (tertiary/aromatic N) is 4. The average molecular weight is 423 g/mol. The van der Waals surface area contributed by atoms with Gasteiger partial charge in [-0.05, 0) is 31.9 Å². The van der Waals surface area contributed by atoms with Crippen LogP contribution < -0.4 is 10.2 Å². The van der Waals surface area contributed by atoms with Crippen LogP contribution in [0.1, 0.15) is 30.3 Å². The molecule has 9 heteroatoms. The van der Waals surface area contributed by atoms with E-state index in [1.54, 1.807) is 12.1 Å². The number of anilines is 2. The van der Waals surface area contributed by atoms with Crippen molar-refractivity contribution in [1.29, 1.82) is 0 Å². The van der Waals surface area contributed by atoms with Gasteiger partial charge >= 0.3 is 5.97 Å². The fraction of sp³-hybridized carbons (Fsp3) is 0.286. The first-order valence-electron chi connectivity index (χ1n) is 9.71. The average Bonchev–Trinajstić information content (AvgIpc) is 3.47. The highest BCUT2D eigenvalue weighted by Gasteiger charge is 2.22. The molecule has 1 N–H and O–H groups in total. The van der Waals surface area contributed by atoms with E-state index in [9.17, 15) is 9.59 Å². The van der Waals surface area contributed by atoms with Crippen molar-refractivity contribution in [3.05, 3.63) is 53.5 Å². The zero-order chi connectivity index (χ0) is 20.9. The van der Waals surface area contributed by atoms with Gasteiger partial charge in [-0.2, -0.15) is 0 Å². The lowest BCUT2D eigenvalue weighted by Crippen LogP contribution is -2.30. The summed E-state index contributed by atoms with van der Waals surface area (Å²) in [5.74, 6) is -0.408. The Bertz CT molecular complexity index is 1020. The molecule has 1 unspecified atom stereocenters. The van der Waals surface area contributed by atoms with Crippen molar-refractivity contribution in [2.45, 2.75) is 25.9 Å². The Labute approximate surface area is 177 Å². The van der Waals surface area contributed by atoms with E-state index in [0.717, 1.165) is 43.0 Å². The van der Waals surface area contributed by atoms with Crippen LogP contribution >= 0.6 is 11.3 Å². The summed E-state index contributed by atoms with van der Waals surface area (Å²) in [6.45, 7) is 3.39. The molecule has 154 valence electrons. The van der Waals surface area contributed by atoms with E-state index in [0.29, 0.717) is 5.13 Å². The van der Waals surface area contributed by atoms with E-state index in [1.165, 1.54) is 18.3 Å². The van der Waals surface area contributed by atoms with Crippen LogP contribution in [0.25, 0.3) is 11.3 Å². The van der Waals surface area contributed by atoms with Crippen molar-refractivity contribution < 1.29 is 14.3 Å². The molecule has 1 aromatic carbocycles. The summed E-state index contributed by atoms with van der Waals surface area (Å²) < 4.78 is 5.24. The lowest BCUT2D eigenvalue weighted by atomic mass is 10.2. The van der Waals surface area contributed by atoms with Gasteiger partial charge in [0.1, 0.15) is 0 Å². The van der Waals surface area contributed by atoms with E-state index in [-0.39, 0.29) is 5.69 Å². The van der Waals surface area contributed by atoms with Gasteiger partial charge in [-0.3, -0.25) is 10.1 Å². The highest BCUT2D eigenvalue weighted by atomic mass is 32.1. The molecule has 3 heterocycles. The van der Waals surface area contributed by atoms with E-state index in [2.05, 4.69) is 25.4 Å². The Hall–Kier alpha value is -3.33. The van der Waals surface area contributed by atoms with Crippen LogP contribution in [0.4, 0.5) is 10.9 Å². The van der Waals surface area contributed by atoms with Crippen LogP contribution in [-0.2, 0) is 9.53 Å². The molecule has 1 fully saturated rings. The topological polar surface area (TPSA) is 97.3 Å². The summed E-state index contributed by atoms with van der Waals surface area (Å²) in [5.41, 5.74) is 1.80. The minimum absolute atomic E-state index is 0.0678. The Morgan fingerprint density at radius 3 is 2.57 bits per heavy atom. The lowest BCUT2D eigenvalue weighted by Gasteiger charge is -2.15. The first kappa shape index (κ1) is 20.0. The van der Waals surface area contributed by atoms with Gasteiger partial charge in [-0.25, -0.2) is 9.78 Å². The second-order valence-corrected chi connectivity index (χ2v) is 7.77. The molecule has 4 rings (SSSR count). The molecular formula is C21H21N5O3S. The number of hydrogen-bond donors (Lipinski definition) is 1. The fourth-order valence-corrected chi connectivity index (χ4v) is 3.83. The summed E-state index contributed by atoms with van der Waals surface area (Å²) in [4.78, 5) is 31.2. The van der Waals surface area contributed by atoms with Crippen molar-refractivity contribution in [2.75, 3.05) is 23.3 Å². The summed E-state index contributed by atoms with van der Waals surface area (Å²) in [5, 5.41) is 13.0. The van der Waals surface area contributed by atoms with Crippen LogP contribution in [0.3, 0.4) is 0 Å². The van der Waals surface area contributed by atoms with Gasteiger partial charge in [-0.15, -0.1) is 21.5 Å². The molecule has 1 aliphatic heterocycles. The molecule has 2 aromatic heterocycles. The molecule has 1 amide bonds. The number of rotatable bonds is 6. The number of amides is 1. The van der Waals surface area contributed by atoms with Gasteiger partial charge in [0.05, 0.1) is 5.69 Å². The summed E-state index contributed by atoms with van der Waals surface area (Å²) in [6.07, 6.45) is 1.26. The van der Waals surface area contributed by atoms with Gasteiger partial charge in [0.25, 0.3) is 5.91 Å². The van der Waals surface area contributed by atoms with E-state index < -0.39 is 18.0 Å². The van der Waals surface area contributed by atoms with Crippen LogP contribution in [-0.4, -0.2) is 46.3 Å². The number of carbonyl (C=O) groups excluding carboxylic acids is 2. The van der Waals surface area contributed by atoms with E-state index >= 15 is 0 Å². The molecule has 8 nitrogen and oxygen atoms in total. The maximum Gasteiger partial charge on any atom is 0.359 e.